The first kappa shape index (κ1) is 13.6. The molecule has 2 heteroatoms. The van der Waals surface area contributed by atoms with Crippen molar-refractivity contribution in [2.75, 3.05) is 6.61 Å². The van der Waals surface area contributed by atoms with Gasteiger partial charge in [0, 0.05) is 6.92 Å². The smallest absolute Gasteiger partial charge is 0.302 e. The van der Waals surface area contributed by atoms with Crippen LogP contribution in [0.4, 0.5) is 0 Å². The molecule has 2 fully saturated rings. The fourth-order valence-electron chi connectivity index (χ4n) is 3.70. The molecule has 2 aliphatic carbocycles. The van der Waals surface area contributed by atoms with Crippen LogP contribution >= 0.6 is 0 Å². The van der Waals surface area contributed by atoms with Gasteiger partial charge in [0.05, 0.1) is 0 Å². The summed E-state index contributed by atoms with van der Waals surface area (Å²) in [5.41, 5.74) is 2.22. The van der Waals surface area contributed by atoms with Gasteiger partial charge in [-0.2, -0.15) is 0 Å². The first-order valence-corrected chi connectivity index (χ1v) is 7.06. The van der Waals surface area contributed by atoms with Gasteiger partial charge in [-0.25, -0.2) is 0 Å². The van der Waals surface area contributed by atoms with Crippen LogP contribution in [0.1, 0.15) is 53.9 Å². The molecule has 3 atom stereocenters. The Labute approximate surface area is 111 Å². The van der Waals surface area contributed by atoms with E-state index in [0.717, 1.165) is 18.3 Å². The Hall–Kier alpha value is -0.790. The molecule has 2 aliphatic rings. The van der Waals surface area contributed by atoms with Crippen molar-refractivity contribution in [3.63, 3.8) is 0 Å². The molecule has 0 saturated heterocycles. The summed E-state index contributed by atoms with van der Waals surface area (Å²) in [4.78, 5) is 10.8. The van der Waals surface area contributed by atoms with Crippen molar-refractivity contribution in [1.82, 2.24) is 0 Å². The normalized spacial score (nSPS) is 37.3. The lowest BCUT2D eigenvalue weighted by Gasteiger charge is -2.35. The molecule has 0 N–H and O–H groups in total. The summed E-state index contributed by atoms with van der Waals surface area (Å²) in [6.45, 7) is 11.3. The predicted octanol–water partition coefficient (Wildman–Crippen LogP) is 3.96. The van der Waals surface area contributed by atoms with Crippen LogP contribution in [0.2, 0.25) is 0 Å². The van der Waals surface area contributed by atoms with Gasteiger partial charge < -0.3 is 4.74 Å². The number of allylic oxidation sites excluding steroid dienone is 1. The number of esters is 1. The fourth-order valence-corrected chi connectivity index (χ4v) is 3.70. The van der Waals surface area contributed by atoms with Gasteiger partial charge in [0.1, 0.15) is 6.61 Å². The zero-order chi connectivity index (χ0) is 13.6. The molecule has 18 heavy (non-hydrogen) atoms. The van der Waals surface area contributed by atoms with E-state index in [2.05, 4.69) is 26.8 Å². The summed E-state index contributed by atoms with van der Waals surface area (Å²) >= 11 is 0. The molecule has 2 rings (SSSR count). The monoisotopic (exact) mass is 250 g/mol. The van der Waals surface area contributed by atoms with E-state index in [1.807, 2.05) is 6.92 Å². The number of hydrogen-bond donors (Lipinski definition) is 0. The van der Waals surface area contributed by atoms with Crippen LogP contribution in [-0.2, 0) is 9.53 Å². The first-order chi connectivity index (χ1) is 8.27. The van der Waals surface area contributed by atoms with Crippen LogP contribution in [0.3, 0.4) is 0 Å². The average Bonchev–Trinajstić information content (AvgIpc) is 2.89. The highest BCUT2D eigenvalue weighted by atomic mass is 16.5. The Morgan fingerprint density at radius 2 is 2.00 bits per heavy atom. The summed E-state index contributed by atoms with van der Waals surface area (Å²) in [7, 11) is 0. The summed E-state index contributed by atoms with van der Waals surface area (Å²) in [5, 5.41) is 0. The first-order valence-electron chi connectivity index (χ1n) is 7.06. The van der Waals surface area contributed by atoms with Gasteiger partial charge in [-0.15, -0.1) is 0 Å². The molecule has 102 valence electrons. The van der Waals surface area contributed by atoms with Gasteiger partial charge in [-0.1, -0.05) is 26.8 Å². The highest BCUT2D eigenvalue weighted by Gasteiger charge is 2.66. The van der Waals surface area contributed by atoms with Gasteiger partial charge in [0.15, 0.2) is 0 Å². The highest BCUT2D eigenvalue weighted by molar-refractivity contribution is 5.66. The lowest BCUT2D eigenvalue weighted by atomic mass is 9.70. The van der Waals surface area contributed by atoms with Gasteiger partial charge in [0.2, 0.25) is 0 Å². The van der Waals surface area contributed by atoms with Gasteiger partial charge >= 0.3 is 5.97 Å². The van der Waals surface area contributed by atoms with Crippen LogP contribution in [0, 0.1) is 22.7 Å². The van der Waals surface area contributed by atoms with Crippen molar-refractivity contribution >= 4 is 5.97 Å². The van der Waals surface area contributed by atoms with E-state index in [1.165, 1.54) is 25.3 Å². The molecule has 2 nitrogen and oxygen atoms in total. The molecule has 2 saturated carbocycles. The van der Waals surface area contributed by atoms with Crippen molar-refractivity contribution in [1.29, 1.82) is 0 Å². The number of fused-ring (bicyclic) bond motifs is 1. The standard InChI is InChI=1S/C16H26O2/c1-11(10-18-12(2)17)6-7-13-8-14-9-16(14,5)15(13,3)4/h6,13-14H,7-10H2,1-5H3/b11-6+. The Kier molecular flexibility index (Phi) is 3.33. The van der Waals surface area contributed by atoms with Crippen molar-refractivity contribution < 1.29 is 9.53 Å². The molecule has 0 bridgehead atoms. The zero-order valence-electron chi connectivity index (χ0n) is 12.4. The number of carbonyl (C=O) groups is 1. The van der Waals surface area contributed by atoms with E-state index in [9.17, 15) is 4.79 Å². The molecule has 0 aliphatic heterocycles. The molecule has 3 unspecified atom stereocenters. The number of hydrogen-bond acceptors (Lipinski definition) is 2. The highest BCUT2D eigenvalue weighted by Crippen LogP contribution is 2.74. The maximum absolute atomic E-state index is 10.8. The van der Waals surface area contributed by atoms with Gasteiger partial charge in [0.25, 0.3) is 0 Å². The Morgan fingerprint density at radius 3 is 2.50 bits per heavy atom. The summed E-state index contributed by atoms with van der Waals surface area (Å²) < 4.78 is 5.01. The molecule has 0 aromatic rings. The van der Waals surface area contributed by atoms with Gasteiger partial charge in [-0.3, -0.25) is 4.79 Å². The third-order valence-corrected chi connectivity index (χ3v) is 5.73. The SMILES string of the molecule is CC(=O)OC/C(C)=C/CC1CC2CC2(C)C1(C)C. The maximum atomic E-state index is 10.8. The van der Waals surface area contributed by atoms with Crippen LogP contribution in [0.5, 0.6) is 0 Å². The molecular weight excluding hydrogens is 224 g/mol. The minimum atomic E-state index is -0.197. The fraction of sp³-hybridized carbons (Fsp3) is 0.812. The minimum absolute atomic E-state index is 0.197. The minimum Gasteiger partial charge on any atom is -0.461 e. The third kappa shape index (κ3) is 2.22. The molecule has 0 spiro atoms. The van der Waals surface area contributed by atoms with E-state index in [-0.39, 0.29) is 5.97 Å². The van der Waals surface area contributed by atoms with E-state index >= 15 is 0 Å². The second kappa shape index (κ2) is 4.40. The predicted molar refractivity (Wildman–Crippen MR) is 73.1 cm³/mol. The quantitative estimate of drug-likeness (QED) is 0.557. The van der Waals surface area contributed by atoms with Crippen molar-refractivity contribution in [3.05, 3.63) is 11.6 Å². The van der Waals surface area contributed by atoms with E-state index in [1.54, 1.807) is 0 Å². The lowest BCUT2D eigenvalue weighted by molar-refractivity contribution is -0.139. The van der Waals surface area contributed by atoms with E-state index in [4.69, 9.17) is 4.74 Å². The summed E-state index contributed by atoms with van der Waals surface area (Å²) in [6.07, 6.45) is 6.20. The van der Waals surface area contributed by atoms with E-state index in [0.29, 0.717) is 17.4 Å². The molecule has 0 amide bonds. The molecule has 0 aromatic carbocycles. The van der Waals surface area contributed by atoms with Crippen LogP contribution in [0.25, 0.3) is 0 Å². The van der Waals surface area contributed by atoms with Crippen LogP contribution in [0.15, 0.2) is 11.6 Å². The summed E-state index contributed by atoms with van der Waals surface area (Å²) in [5.74, 6) is 1.55. The molecular formula is C16H26O2. The van der Waals surface area contributed by atoms with Crippen LogP contribution < -0.4 is 0 Å². The van der Waals surface area contributed by atoms with Gasteiger partial charge in [-0.05, 0) is 54.4 Å². The largest absolute Gasteiger partial charge is 0.461 e. The second-order valence-electron chi connectivity index (χ2n) is 7.04. The topological polar surface area (TPSA) is 26.3 Å². The second-order valence-corrected chi connectivity index (χ2v) is 7.04. The number of carbonyl (C=O) groups excluding carboxylic acids is 1. The van der Waals surface area contributed by atoms with Crippen LogP contribution in [-0.4, -0.2) is 12.6 Å². The summed E-state index contributed by atoms with van der Waals surface area (Å²) in [6, 6.07) is 0. The molecule has 0 aromatic heterocycles. The zero-order valence-corrected chi connectivity index (χ0v) is 12.4. The van der Waals surface area contributed by atoms with E-state index < -0.39 is 0 Å². The molecule has 0 heterocycles. The number of ether oxygens (including phenoxy) is 1. The third-order valence-electron chi connectivity index (χ3n) is 5.73. The van der Waals surface area contributed by atoms with Crippen molar-refractivity contribution in [2.24, 2.45) is 22.7 Å². The average molecular weight is 250 g/mol. The molecule has 0 radical (unpaired) electrons. The maximum Gasteiger partial charge on any atom is 0.302 e. The Balaban J connectivity index is 1.88. The number of rotatable bonds is 4. The lowest BCUT2D eigenvalue weighted by Crippen LogP contribution is -2.27. The van der Waals surface area contributed by atoms with Crippen molar-refractivity contribution in [3.8, 4) is 0 Å². The van der Waals surface area contributed by atoms with Crippen molar-refractivity contribution in [2.45, 2.75) is 53.9 Å². The Bertz CT molecular complexity index is 381. The Morgan fingerprint density at radius 1 is 1.33 bits per heavy atom.